The minimum absolute atomic E-state index is 0.0413. The van der Waals surface area contributed by atoms with Crippen LogP contribution >= 0.6 is 11.3 Å². The third-order valence-corrected chi connectivity index (χ3v) is 10.1. The second kappa shape index (κ2) is 8.12. The molecule has 0 N–H and O–H groups in total. The van der Waals surface area contributed by atoms with Gasteiger partial charge >= 0.3 is 0 Å². The van der Waals surface area contributed by atoms with E-state index in [4.69, 9.17) is 0 Å². The molecule has 0 unspecified atom stereocenters. The van der Waals surface area contributed by atoms with Crippen LogP contribution in [0.4, 0.5) is 5.00 Å². The van der Waals surface area contributed by atoms with Gasteiger partial charge in [-0.25, -0.2) is 21.8 Å². The van der Waals surface area contributed by atoms with E-state index in [1.165, 1.54) is 0 Å². The molecule has 28 heavy (non-hydrogen) atoms. The number of aromatic nitrogens is 1. The van der Waals surface area contributed by atoms with Crippen molar-refractivity contribution in [2.75, 3.05) is 23.7 Å². The van der Waals surface area contributed by atoms with E-state index in [2.05, 4.69) is 11.9 Å². The van der Waals surface area contributed by atoms with Crippen LogP contribution in [0, 0.1) is 12.8 Å². The molecule has 1 saturated heterocycles. The van der Waals surface area contributed by atoms with Gasteiger partial charge in [0.2, 0.25) is 24.0 Å². The topological polar surface area (TPSA) is 84.4 Å². The Morgan fingerprint density at radius 1 is 1.18 bits per heavy atom. The highest BCUT2D eigenvalue weighted by Gasteiger charge is 2.33. The number of nitrogens with zero attached hydrogens (tertiary/aromatic N) is 2. The van der Waals surface area contributed by atoms with Crippen molar-refractivity contribution >= 4 is 36.0 Å². The normalized spacial score (nSPS) is 18.4. The van der Waals surface area contributed by atoms with Crippen molar-refractivity contribution in [1.82, 2.24) is 4.98 Å². The van der Waals surface area contributed by atoms with Gasteiger partial charge in [0.1, 0.15) is 5.00 Å². The fourth-order valence-corrected chi connectivity index (χ4v) is 7.87. The molecule has 0 aliphatic carbocycles. The Labute approximate surface area is 171 Å². The zero-order chi connectivity index (χ0) is 20.5. The summed E-state index contributed by atoms with van der Waals surface area (Å²) < 4.78 is 51.7. The van der Waals surface area contributed by atoms with Crippen LogP contribution in [0.2, 0.25) is 0 Å². The average Bonchev–Trinajstić information content (AvgIpc) is 3.09. The summed E-state index contributed by atoms with van der Waals surface area (Å²) in [7, 11) is -7.51. The van der Waals surface area contributed by atoms with Crippen LogP contribution in [0.5, 0.6) is 0 Å². The number of thiazole rings is 1. The van der Waals surface area contributed by atoms with Gasteiger partial charge in [-0.1, -0.05) is 42.9 Å². The van der Waals surface area contributed by atoms with E-state index in [1.54, 1.807) is 31.2 Å². The lowest BCUT2D eigenvalue weighted by molar-refractivity contribution is 0.446. The molecule has 2 aromatic rings. The van der Waals surface area contributed by atoms with Gasteiger partial charge in [0, 0.05) is 13.1 Å². The van der Waals surface area contributed by atoms with Gasteiger partial charge in [0.25, 0.3) is 0 Å². The van der Waals surface area contributed by atoms with Crippen molar-refractivity contribution in [3.8, 4) is 0 Å². The highest BCUT2D eigenvalue weighted by molar-refractivity contribution is 7.94. The Bertz CT molecular complexity index is 1040. The van der Waals surface area contributed by atoms with E-state index in [9.17, 15) is 16.8 Å². The molecule has 3 rings (SSSR count). The summed E-state index contributed by atoms with van der Waals surface area (Å²) >= 11 is 0.987. The fourth-order valence-electron chi connectivity index (χ4n) is 3.35. The Balaban J connectivity index is 2.15. The highest BCUT2D eigenvalue weighted by Crippen LogP contribution is 2.39. The fraction of sp³-hybridized carbons (Fsp3) is 0.526. The van der Waals surface area contributed by atoms with E-state index in [1.807, 2.05) is 11.8 Å². The lowest BCUT2D eigenvalue weighted by Gasteiger charge is -2.31. The summed E-state index contributed by atoms with van der Waals surface area (Å²) in [5.74, 6) is 0.377. The van der Waals surface area contributed by atoms with Crippen molar-refractivity contribution in [3.05, 3.63) is 29.8 Å². The molecule has 0 amide bonds. The molecular weight excluding hydrogens is 416 g/mol. The summed E-state index contributed by atoms with van der Waals surface area (Å²) in [6.07, 6.45) is 2.48. The Hall–Kier alpha value is -1.45. The van der Waals surface area contributed by atoms with Gasteiger partial charge in [-0.15, -0.1) is 0 Å². The van der Waals surface area contributed by atoms with Gasteiger partial charge in [0.05, 0.1) is 10.6 Å². The zero-order valence-electron chi connectivity index (χ0n) is 16.4. The number of rotatable bonds is 6. The third-order valence-electron chi connectivity index (χ3n) is 4.83. The molecule has 154 valence electrons. The van der Waals surface area contributed by atoms with Gasteiger partial charge in [0.15, 0.2) is 5.03 Å². The molecule has 0 radical (unpaired) electrons. The minimum Gasteiger partial charge on any atom is -0.361 e. The van der Waals surface area contributed by atoms with Crippen molar-refractivity contribution < 1.29 is 16.8 Å². The molecule has 6 nitrogen and oxygen atoms in total. The average molecular weight is 443 g/mol. The van der Waals surface area contributed by atoms with Gasteiger partial charge in [-0.2, -0.15) is 0 Å². The maximum atomic E-state index is 13.3. The molecule has 0 bridgehead atoms. The van der Waals surface area contributed by atoms with E-state index >= 15 is 0 Å². The number of anilines is 1. The van der Waals surface area contributed by atoms with Crippen LogP contribution < -0.4 is 4.90 Å². The Kier molecular flexibility index (Phi) is 6.17. The molecule has 0 spiro atoms. The first-order valence-electron chi connectivity index (χ1n) is 9.45. The summed E-state index contributed by atoms with van der Waals surface area (Å²) in [5, 5.41) is 0.312. The number of benzene rings is 1. The SMILES string of the molecule is CCCS(=O)(=O)c1nc(S(=O)(=O)c2ccc(C)cc2)c(N2CCC[C@@H](C)C2)s1. The maximum absolute atomic E-state index is 13.3. The van der Waals surface area contributed by atoms with E-state index in [0.29, 0.717) is 30.4 Å². The molecule has 1 fully saturated rings. The summed E-state index contributed by atoms with van der Waals surface area (Å²) in [6.45, 7) is 7.19. The predicted octanol–water partition coefficient (Wildman–Crippen LogP) is 3.70. The zero-order valence-corrected chi connectivity index (χ0v) is 18.8. The number of sulfone groups is 2. The van der Waals surface area contributed by atoms with E-state index in [0.717, 1.165) is 29.7 Å². The van der Waals surface area contributed by atoms with Crippen molar-refractivity contribution in [3.63, 3.8) is 0 Å². The molecule has 1 atom stereocenters. The predicted molar refractivity (Wildman–Crippen MR) is 112 cm³/mol. The Morgan fingerprint density at radius 2 is 1.86 bits per heavy atom. The molecule has 0 saturated carbocycles. The number of hydrogen-bond acceptors (Lipinski definition) is 7. The summed E-state index contributed by atoms with van der Waals surface area (Å²) in [4.78, 5) is 6.29. The monoisotopic (exact) mass is 442 g/mol. The summed E-state index contributed by atoms with van der Waals surface area (Å²) in [5.41, 5.74) is 0.952. The molecule has 1 aromatic carbocycles. The van der Waals surface area contributed by atoms with Crippen molar-refractivity contribution in [2.45, 2.75) is 54.3 Å². The number of piperidine rings is 1. The molecular formula is C19H26N2O4S3. The first-order valence-corrected chi connectivity index (χ1v) is 13.4. The van der Waals surface area contributed by atoms with Crippen LogP contribution in [-0.2, 0) is 19.7 Å². The number of aryl methyl sites for hydroxylation is 1. The van der Waals surface area contributed by atoms with Crippen LogP contribution in [0.3, 0.4) is 0 Å². The Morgan fingerprint density at radius 3 is 2.46 bits per heavy atom. The largest absolute Gasteiger partial charge is 0.361 e. The van der Waals surface area contributed by atoms with Crippen molar-refractivity contribution in [1.29, 1.82) is 0 Å². The molecule has 1 aliphatic heterocycles. The van der Waals surface area contributed by atoms with Crippen LogP contribution in [0.25, 0.3) is 0 Å². The molecule has 1 aliphatic rings. The van der Waals surface area contributed by atoms with Gasteiger partial charge < -0.3 is 4.90 Å². The smallest absolute Gasteiger partial charge is 0.226 e. The van der Waals surface area contributed by atoms with Gasteiger partial charge in [-0.05, 0) is 44.2 Å². The quantitative estimate of drug-likeness (QED) is 0.678. The van der Waals surface area contributed by atoms with Crippen LogP contribution in [0.1, 0.15) is 38.7 Å². The minimum atomic E-state index is -3.91. The standard InChI is InChI=1S/C19H26N2O4S3/c1-4-12-27(22,23)19-20-17(18(26-19)21-11-5-6-15(3)13-21)28(24,25)16-9-7-14(2)8-10-16/h7-10,15H,4-6,11-13H2,1-3H3/t15-/m1/s1. The highest BCUT2D eigenvalue weighted by atomic mass is 32.2. The lowest BCUT2D eigenvalue weighted by atomic mass is 10.0. The number of hydrogen-bond donors (Lipinski definition) is 0. The first kappa shape index (κ1) is 21.3. The molecule has 2 heterocycles. The maximum Gasteiger partial charge on any atom is 0.226 e. The van der Waals surface area contributed by atoms with E-state index < -0.39 is 19.7 Å². The van der Waals surface area contributed by atoms with Gasteiger partial charge in [-0.3, -0.25) is 0 Å². The van der Waals surface area contributed by atoms with Crippen molar-refractivity contribution in [2.24, 2.45) is 5.92 Å². The second-order valence-corrected chi connectivity index (χ2v) is 12.5. The summed E-state index contributed by atoms with van der Waals surface area (Å²) in [6, 6.07) is 6.56. The second-order valence-electron chi connectivity index (χ2n) is 7.42. The lowest BCUT2D eigenvalue weighted by Crippen LogP contribution is -2.34. The molecule has 9 heteroatoms. The van der Waals surface area contributed by atoms with Crippen LogP contribution in [-0.4, -0.2) is 40.7 Å². The molecule has 1 aromatic heterocycles. The third kappa shape index (κ3) is 4.26. The van der Waals surface area contributed by atoms with Crippen LogP contribution in [0.15, 0.2) is 38.5 Å². The van der Waals surface area contributed by atoms with E-state index in [-0.39, 0.29) is 20.0 Å². The first-order chi connectivity index (χ1) is 13.1.